The molecule has 1 aromatic heterocycles. The molecule has 0 radical (unpaired) electrons. The first-order valence-electron chi connectivity index (χ1n) is 7.93. The Kier molecular flexibility index (Phi) is 3.75. The summed E-state index contributed by atoms with van der Waals surface area (Å²) in [5, 5.41) is 3.11. The fraction of sp³-hybridized carbons (Fsp3) is 0.158. The number of ether oxygens (including phenoxy) is 1. The average Bonchev–Trinajstić information content (AvgIpc) is 3.13. The molecule has 1 aliphatic heterocycles. The van der Waals surface area contributed by atoms with Crippen molar-refractivity contribution in [3.63, 3.8) is 0 Å². The van der Waals surface area contributed by atoms with Crippen LogP contribution in [0.1, 0.15) is 28.5 Å². The molecule has 1 N–H and O–H groups in total. The fourth-order valence-electron chi connectivity index (χ4n) is 2.98. The molecule has 1 aliphatic rings. The zero-order chi connectivity index (χ0) is 16.4. The van der Waals surface area contributed by atoms with E-state index in [1.54, 1.807) is 17.1 Å². The SMILES string of the molecule is O=C(N[C@@H]1CCOc2ccccc21)c1cncn1-c1ccccc1. The molecule has 2 aromatic carbocycles. The van der Waals surface area contributed by atoms with E-state index in [0.717, 1.165) is 23.4 Å². The minimum absolute atomic E-state index is 0.0541. The predicted molar refractivity (Wildman–Crippen MR) is 90.3 cm³/mol. The summed E-state index contributed by atoms with van der Waals surface area (Å²) in [6.07, 6.45) is 4.00. The third kappa shape index (κ3) is 2.65. The normalized spacial score (nSPS) is 16.1. The first kappa shape index (κ1) is 14.5. The maximum absolute atomic E-state index is 12.8. The Bertz CT molecular complexity index is 858. The summed E-state index contributed by atoms with van der Waals surface area (Å²) < 4.78 is 7.44. The Morgan fingerprint density at radius 2 is 1.92 bits per heavy atom. The van der Waals surface area contributed by atoms with E-state index in [9.17, 15) is 4.79 Å². The van der Waals surface area contributed by atoms with Crippen LogP contribution in [0.2, 0.25) is 0 Å². The highest BCUT2D eigenvalue weighted by molar-refractivity contribution is 5.93. The van der Waals surface area contributed by atoms with Gasteiger partial charge in [0.2, 0.25) is 0 Å². The zero-order valence-corrected chi connectivity index (χ0v) is 13.1. The van der Waals surface area contributed by atoms with E-state index >= 15 is 0 Å². The van der Waals surface area contributed by atoms with Crippen molar-refractivity contribution in [3.8, 4) is 11.4 Å². The lowest BCUT2D eigenvalue weighted by Crippen LogP contribution is -2.33. The molecule has 3 aromatic rings. The van der Waals surface area contributed by atoms with Crippen LogP contribution in [0.5, 0.6) is 5.75 Å². The van der Waals surface area contributed by atoms with Gasteiger partial charge < -0.3 is 10.1 Å². The highest BCUT2D eigenvalue weighted by Crippen LogP contribution is 2.31. The monoisotopic (exact) mass is 319 g/mol. The minimum Gasteiger partial charge on any atom is -0.493 e. The molecule has 120 valence electrons. The van der Waals surface area contributed by atoms with Gasteiger partial charge in [0.15, 0.2) is 0 Å². The van der Waals surface area contributed by atoms with Gasteiger partial charge in [-0.15, -0.1) is 0 Å². The second kappa shape index (κ2) is 6.20. The second-order valence-corrected chi connectivity index (χ2v) is 5.69. The van der Waals surface area contributed by atoms with E-state index in [0.29, 0.717) is 12.3 Å². The Labute approximate surface area is 139 Å². The molecule has 1 amide bonds. The molecule has 0 unspecified atom stereocenters. The van der Waals surface area contributed by atoms with Crippen molar-refractivity contribution >= 4 is 5.91 Å². The lowest BCUT2D eigenvalue weighted by Gasteiger charge is -2.26. The van der Waals surface area contributed by atoms with Crippen molar-refractivity contribution in [1.29, 1.82) is 0 Å². The number of imidazole rings is 1. The van der Waals surface area contributed by atoms with Crippen LogP contribution in [0.3, 0.4) is 0 Å². The summed E-state index contributed by atoms with van der Waals surface area (Å²) in [4.78, 5) is 16.9. The maximum Gasteiger partial charge on any atom is 0.270 e. The van der Waals surface area contributed by atoms with Crippen LogP contribution in [0, 0.1) is 0 Å². The van der Waals surface area contributed by atoms with Gasteiger partial charge in [0.1, 0.15) is 11.4 Å². The van der Waals surface area contributed by atoms with Crippen molar-refractivity contribution in [2.24, 2.45) is 0 Å². The highest BCUT2D eigenvalue weighted by Gasteiger charge is 2.24. The molecular weight excluding hydrogens is 302 g/mol. The van der Waals surface area contributed by atoms with E-state index < -0.39 is 0 Å². The topological polar surface area (TPSA) is 56.1 Å². The van der Waals surface area contributed by atoms with Gasteiger partial charge in [-0.2, -0.15) is 0 Å². The second-order valence-electron chi connectivity index (χ2n) is 5.69. The molecule has 2 heterocycles. The van der Waals surface area contributed by atoms with E-state index in [-0.39, 0.29) is 11.9 Å². The molecule has 0 saturated heterocycles. The third-order valence-corrected chi connectivity index (χ3v) is 4.17. The van der Waals surface area contributed by atoms with Gasteiger partial charge in [0.05, 0.1) is 25.2 Å². The van der Waals surface area contributed by atoms with Crippen molar-refractivity contribution < 1.29 is 9.53 Å². The summed E-state index contributed by atoms with van der Waals surface area (Å²) >= 11 is 0. The van der Waals surface area contributed by atoms with Crippen LogP contribution in [-0.4, -0.2) is 22.1 Å². The molecule has 0 bridgehead atoms. The summed E-state index contributed by atoms with van der Waals surface area (Å²) in [5.74, 6) is 0.698. The van der Waals surface area contributed by atoms with Crippen molar-refractivity contribution in [1.82, 2.24) is 14.9 Å². The standard InChI is InChI=1S/C19H17N3O2/c23-19(17-12-20-13-22(17)14-6-2-1-3-7-14)21-16-10-11-24-18-9-5-4-8-15(16)18/h1-9,12-13,16H,10-11H2,(H,21,23)/t16-/m1/s1. The maximum atomic E-state index is 12.8. The molecule has 0 aliphatic carbocycles. The number of carbonyl (C=O) groups excluding carboxylic acids is 1. The van der Waals surface area contributed by atoms with E-state index in [1.165, 1.54) is 0 Å². The van der Waals surface area contributed by atoms with Gasteiger partial charge >= 0.3 is 0 Å². The average molecular weight is 319 g/mol. The van der Waals surface area contributed by atoms with Gasteiger partial charge in [-0.1, -0.05) is 36.4 Å². The van der Waals surface area contributed by atoms with Crippen LogP contribution in [0.15, 0.2) is 67.1 Å². The van der Waals surface area contributed by atoms with Gasteiger partial charge in [0.25, 0.3) is 5.91 Å². The molecule has 5 nitrogen and oxygen atoms in total. The molecule has 0 saturated carbocycles. The quantitative estimate of drug-likeness (QED) is 0.807. The number of carbonyl (C=O) groups is 1. The van der Waals surface area contributed by atoms with Crippen LogP contribution < -0.4 is 10.1 Å². The zero-order valence-electron chi connectivity index (χ0n) is 13.1. The van der Waals surface area contributed by atoms with Crippen LogP contribution in [-0.2, 0) is 0 Å². The number of nitrogens with zero attached hydrogens (tertiary/aromatic N) is 2. The molecule has 5 heteroatoms. The third-order valence-electron chi connectivity index (χ3n) is 4.17. The molecule has 0 fully saturated rings. The summed E-state index contributed by atoms with van der Waals surface area (Å²) in [7, 11) is 0. The summed E-state index contributed by atoms with van der Waals surface area (Å²) in [6, 6.07) is 17.5. The fourth-order valence-corrected chi connectivity index (χ4v) is 2.98. The number of aromatic nitrogens is 2. The van der Waals surface area contributed by atoms with E-state index in [1.807, 2.05) is 54.6 Å². The van der Waals surface area contributed by atoms with Crippen LogP contribution in [0.25, 0.3) is 5.69 Å². The Morgan fingerprint density at radius 1 is 1.12 bits per heavy atom. The number of fused-ring (bicyclic) bond motifs is 1. The highest BCUT2D eigenvalue weighted by atomic mass is 16.5. The Morgan fingerprint density at radius 3 is 2.79 bits per heavy atom. The molecule has 24 heavy (non-hydrogen) atoms. The number of benzene rings is 2. The first-order valence-corrected chi connectivity index (χ1v) is 7.93. The van der Waals surface area contributed by atoms with Crippen molar-refractivity contribution in [2.45, 2.75) is 12.5 Å². The molecule has 0 spiro atoms. The number of hydrogen-bond donors (Lipinski definition) is 1. The smallest absolute Gasteiger partial charge is 0.270 e. The lowest BCUT2D eigenvalue weighted by molar-refractivity contribution is 0.0918. The van der Waals surface area contributed by atoms with E-state index in [4.69, 9.17) is 4.74 Å². The van der Waals surface area contributed by atoms with Gasteiger partial charge in [0, 0.05) is 17.7 Å². The number of rotatable bonds is 3. The van der Waals surface area contributed by atoms with Gasteiger partial charge in [-0.05, 0) is 18.2 Å². The molecular formula is C19H17N3O2. The minimum atomic E-state index is -0.141. The van der Waals surface area contributed by atoms with Crippen molar-refractivity contribution in [3.05, 3.63) is 78.4 Å². The number of nitrogens with one attached hydrogen (secondary N) is 1. The lowest BCUT2D eigenvalue weighted by atomic mass is 10.0. The van der Waals surface area contributed by atoms with Gasteiger partial charge in [-0.25, -0.2) is 4.98 Å². The van der Waals surface area contributed by atoms with E-state index in [2.05, 4.69) is 10.3 Å². The summed E-state index contributed by atoms with van der Waals surface area (Å²) in [6.45, 7) is 0.597. The first-order chi connectivity index (χ1) is 11.8. The Hall–Kier alpha value is -3.08. The molecule has 4 rings (SSSR count). The summed E-state index contributed by atoms with van der Waals surface area (Å²) in [5.41, 5.74) is 2.44. The van der Waals surface area contributed by atoms with Crippen molar-refractivity contribution in [2.75, 3.05) is 6.61 Å². The van der Waals surface area contributed by atoms with Gasteiger partial charge in [-0.3, -0.25) is 9.36 Å². The molecule has 1 atom stereocenters. The van der Waals surface area contributed by atoms with Crippen LogP contribution in [0.4, 0.5) is 0 Å². The largest absolute Gasteiger partial charge is 0.493 e. The number of amides is 1. The van der Waals surface area contributed by atoms with Crippen LogP contribution >= 0.6 is 0 Å². The Balaban J connectivity index is 1.60. The predicted octanol–water partition coefficient (Wildman–Crippen LogP) is 3.13. The number of para-hydroxylation sites is 2. The number of hydrogen-bond acceptors (Lipinski definition) is 3.